The summed E-state index contributed by atoms with van der Waals surface area (Å²) >= 11 is 1.30. The minimum atomic E-state index is -3.55. The third-order valence-electron chi connectivity index (χ3n) is 4.95. The van der Waals surface area contributed by atoms with Gasteiger partial charge in [-0.2, -0.15) is 0 Å². The Balaban J connectivity index is 1.63. The standard InChI is InChI=1S/C17H26N2O4S2/c1-3-13-7-9-16(24-13)25(21,22)19-14-8-4-11(10-15(14)23-2)17(20)18-12-5-6-12/h7,9,11-12,14-15,19H,3-6,8,10H2,1-2H3,(H,18,20)/t11-,14+,15+/m0/s1. The van der Waals surface area contributed by atoms with E-state index in [0.717, 1.165) is 24.1 Å². The number of hydrogen-bond acceptors (Lipinski definition) is 5. The molecule has 25 heavy (non-hydrogen) atoms. The van der Waals surface area contributed by atoms with Gasteiger partial charge in [0, 0.05) is 30.0 Å². The molecular formula is C17H26N2O4S2. The average Bonchev–Trinajstić information content (AvgIpc) is 3.26. The Kier molecular flexibility index (Phi) is 5.82. The SMILES string of the molecule is CCc1ccc(S(=O)(=O)N[C@@H]2CC[C@H](C(=O)NC3CC3)C[C@H]2OC)s1. The Morgan fingerprint density at radius 2 is 2.04 bits per heavy atom. The molecule has 0 unspecified atom stereocenters. The highest BCUT2D eigenvalue weighted by atomic mass is 32.2. The van der Waals surface area contributed by atoms with Crippen LogP contribution in [0.1, 0.15) is 43.9 Å². The highest BCUT2D eigenvalue weighted by molar-refractivity contribution is 7.91. The Bertz CT molecular complexity index is 712. The molecule has 2 aliphatic rings. The first-order valence-electron chi connectivity index (χ1n) is 8.87. The van der Waals surface area contributed by atoms with Crippen LogP contribution in [-0.4, -0.2) is 39.6 Å². The number of thiophene rings is 1. The first-order chi connectivity index (χ1) is 11.9. The Morgan fingerprint density at radius 1 is 1.28 bits per heavy atom. The van der Waals surface area contributed by atoms with E-state index < -0.39 is 10.0 Å². The van der Waals surface area contributed by atoms with Gasteiger partial charge >= 0.3 is 0 Å². The maximum Gasteiger partial charge on any atom is 0.250 e. The van der Waals surface area contributed by atoms with E-state index in [-0.39, 0.29) is 24.0 Å². The minimum absolute atomic E-state index is 0.0803. The van der Waals surface area contributed by atoms with Crippen molar-refractivity contribution < 1.29 is 17.9 Å². The summed E-state index contributed by atoms with van der Waals surface area (Å²) in [6.45, 7) is 2.00. The fraction of sp³-hybridized carbons (Fsp3) is 0.706. The maximum atomic E-state index is 12.6. The van der Waals surface area contributed by atoms with Crippen LogP contribution in [0.15, 0.2) is 16.3 Å². The highest BCUT2D eigenvalue weighted by Crippen LogP contribution is 2.30. The molecule has 2 fully saturated rings. The number of methoxy groups -OCH3 is 1. The molecule has 0 aromatic carbocycles. The van der Waals surface area contributed by atoms with Crippen LogP contribution in [-0.2, 0) is 26.0 Å². The van der Waals surface area contributed by atoms with Crippen LogP contribution in [0.25, 0.3) is 0 Å². The van der Waals surface area contributed by atoms with Gasteiger partial charge in [0.15, 0.2) is 0 Å². The van der Waals surface area contributed by atoms with E-state index in [2.05, 4.69) is 10.0 Å². The molecule has 3 atom stereocenters. The molecule has 1 amide bonds. The van der Waals surface area contributed by atoms with E-state index in [9.17, 15) is 13.2 Å². The molecule has 2 saturated carbocycles. The topological polar surface area (TPSA) is 84.5 Å². The highest BCUT2D eigenvalue weighted by Gasteiger charge is 2.37. The van der Waals surface area contributed by atoms with Crippen LogP contribution in [0.5, 0.6) is 0 Å². The third-order valence-corrected chi connectivity index (χ3v) is 8.16. The molecule has 2 aliphatic carbocycles. The number of aryl methyl sites for hydroxylation is 1. The van der Waals surface area contributed by atoms with Crippen LogP contribution >= 0.6 is 11.3 Å². The monoisotopic (exact) mass is 386 g/mol. The summed E-state index contributed by atoms with van der Waals surface area (Å²) in [5.74, 6) is -0.0172. The number of hydrogen-bond donors (Lipinski definition) is 2. The van der Waals surface area contributed by atoms with Crippen molar-refractivity contribution in [2.75, 3.05) is 7.11 Å². The smallest absolute Gasteiger partial charge is 0.250 e. The molecule has 1 heterocycles. The Hall–Kier alpha value is -0.960. The van der Waals surface area contributed by atoms with Crippen molar-refractivity contribution in [3.63, 3.8) is 0 Å². The fourth-order valence-corrected chi connectivity index (χ4v) is 5.87. The van der Waals surface area contributed by atoms with E-state index in [1.54, 1.807) is 13.2 Å². The van der Waals surface area contributed by atoms with Gasteiger partial charge < -0.3 is 10.1 Å². The van der Waals surface area contributed by atoms with Gasteiger partial charge in [-0.05, 0) is 50.7 Å². The molecule has 140 valence electrons. The first-order valence-corrected chi connectivity index (χ1v) is 11.2. The van der Waals surface area contributed by atoms with Gasteiger partial charge in [-0.15, -0.1) is 11.3 Å². The van der Waals surface area contributed by atoms with Crippen molar-refractivity contribution >= 4 is 27.3 Å². The molecule has 0 bridgehead atoms. The van der Waals surface area contributed by atoms with Crippen LogP contribution < -0.4 is 10.0 Å². The molecular weight excluding hydrogens is 360 g/mol. The molecule has 0 radical (unpaired) electrons. The van der Waals surface area contributed by atoms with Crippen LogP contribution in [0.4, 0.5) is 0 Å². The summed E-state index contributed by atoms with van der Waals surface area (Å²) in [4.78, 5) is 13.3. The van der Waals surface area contributed by atoms with Crippen molar-refractivity contribution in [3.8, 4) is 0 Å². The summed E-state index contributed by atoms with van der Waals surface area (Å²) in [6.07, 6.45) is 4.49. The van der Waals surface area contributed by atoms with Gasteiger partial charge in [0.1, 0.15) is 4.21 Å². The lowest BCUT2D eigenvalue weighted by Gasteiger charge is -2.34. The van der Waals surface area contributed by atoms with Gasteiger partial charge in [-0.25, -0.2) is 13.1 Å². The third kappa shape index (κ3) is 4.61. The van der Waals surface area contributed by atoms with Gasteiger partial charge in [-0.3, -0.25) is 4.79 Å². The van der Waals surface area contributed by atoms with Crippen LogP contribution in [0.3, 0.4) is 0 Å². The van der Waals surface area contributed by atoms with Crippen LogP contribution in [0.2, 0.25) is 0 Å². The lowest BCUT2D eigenvalue weighted by molar-refractivity contribution is -0.128. The number of rotatable bonds is 7. The van der Waals surface area contributed by atoms with Crippen molar-refractivity contribution in [2.45, 2.75) is 67.8 Å². The van der Waals surface area contributed by atoms with E-state index in [1.165, 1.54) is 11.3 Å². The van der Waals surface area contributed by atoms with Crippen molar-refractivity contribution in [3.05, 3.63) is 17.0 Å². The van der Waals surface area contributed by atoms with Gasteiger partial charge in [0.25, 0.3) is 0 Å². The zero-order valence-corrected chi connectivity index (χ0v) is 16.3. The van der Waals surface area contributed by atoms with Crippen LogP contribution in [0, 0.1) is 5.92 Å². The summed E-state index contributed by atoms with van der Waals surface area (Å²) in [7, 11) is -1.97. The lowest BCUT2D eigenvalue weighted by atomic mass is 9.83. The van der Waals surface area contributed by atoms with Gasteiger partial charge in [0.05, 0.1) is 6.10 Å². The molecule has 1 aromatic rings. The Labute approximate surface area is 153 Å². The summed E-state index contributed by atoms with van der Waals surface area (Å²) in [6, 6.07) is 3.55. The summed E-state index contributed by atoms with van der Waals surface area (Å²) < 4.78 is 33.9. The number of amides is 1. The minimum Gasteiger partial charge on any atom is -0.380 e. The largest absolute Gasteiger partial charge is 0.380 e. The maximum absolute atomic E-state index is 12.6. The number of nitrogens with one attached hydrogen (secondary N) is 2. The predicted octanol–water partition coefficient (Wildman–Crippen LogP) is 2.05. The lowest BCUT2D eigenvalue weighted by Crippen LogP contribution is -2.49. The second-order valence-corrected chi connectivity index (χ2v) is 9.98. The van der Waals surface area contributed by atoms with Gasteiger partial charge in [0.2, 0.25) is 15.9 Å². The molecule has 0 spiro atoms. The van der Waals surface area contributed by atoms with E-state index >= 15 is 0 Å². The zero-order chi connectivity index (χ0) is 18.0. The second-order valence-electron chi connectivity index (χ2n) is 6.87. The zero-order valence-electron chi connectivity index (χ0n) is 14.7. The molecule has 0 saturated heterocycles. The van der Waals surface area contributed by atoms with Gasteiger partial charge in [-0.1, -0.05) is 6.92 Å². The quantitative estimate of drug-likeness (QED) is 0.751. The summed E-state index contributed by atoms with van der Waals surface area (Å²) in [5.41, 5.74) is 0. The number of sulfonamides is 1. The summed E-state index contributed by atoms with van der Waals surface area (Å²) in [5, 5.41) is 3.03. The Morgan fingerprint density at radius 3 is 2.64 bits per heavy atom. The average molecular weight is 387 g/mol. The second kappa shape index (κ2) is 7.73. The normalized spacial score (nSPS) is 27.2. The number of ether oxygens (including phenoxy) is 1. The molecule has 3 rings (SSSR count). The molecule has 1 aromatic heterocycles. The van der Waals surface area contributed by atoms with Crippen molar-refractivity contribution in [1.82, 2.24) is 10.0 Å². The van der Waals surface area contributed by atoms with E-state index in [1.807, 2.05) is 13.0 Å². The first kappa shape index (κ1) is 18.8. The molecule has 6 nitrogen and oxygen atoms in total. The predicted molar refractivity (Wildman–Crippen MR) is 97.1 cm³/mol. The molecule has 2 N–H and O–H groups in total. The number of carbonyl (C=O) groups is 1. The van der Waals surface area contributed by atoms with E-state index in [0.29, 0.717) is 29.5 Å². The fourth-order valence-electron chi connectivity index (χ4n) is 3.26. The molecule has 8 heteroatoms. The number of carbonyl (C=O) groups excluding carboxylic acids is 1. The van der Waals surface area contributed by atoms with E-state index in [4.69, 9.17) is 4.74 Å². The molecule has 0 aliphatic heterocycles. The van der Waals surface area contributed by atoms with Crippen molar-refractivity contribution in [2.24, 2.45) is 5.92 Å². The van der Waals surface area contributed by atoms with Crippen molar-refractivity contribution in [1.29, 1.82) is 0 Å².